The molecule has 2 unspecified atom stereocenters. The van der Waals surface area contributed by atoms with Crippen LogP contribution in [0.2, 0.25) is 0 Å². The minimum Gasteiger partial charge on any atom is -0.325 e. The van der Waals surface area contributed by atoms with Crippen LogP contribution in [0.5, 0.6) is 0 Å². The summed E-state index contributed by atoms with van der Waals surface area (Å²) in [5.74, 6) is -0.336. The van der Waals surface area contributed by atoms with Crippen LogP contribution in [0.4, 0.5) is 5.69 Å². The molecule has 4 aromatic carbocycles. The van der Waals surface area contributed by atoms with Gasteiger partial charge in [-0.15, -0.1) is 0 Å². The maximum atomic E-state index is 13.8. The third kappa shape index (κ3) is 3.14. The topological polar surface area (TPSA) is 46.2 Å². The van der Waals surface area contributed by atoms with Crippen molar-refractivity contribution >= 4 is 28.7 Å². The molecule has 0 bridgehead atoms. The lowest BCUT2D eigenvalue weighted by molar-refractivity contribution is -0.122. The first-order chi connectivity index (χ1) is 15.2. The lowest BCUT2D eigenvalue weighted by atomic mass is 9.63. The molecule has 1 aliphatic heterocycles. The van der Waals surface area contributed by atoms with Crippen LogP contribution in [0.3, 0.4) is 0 Å². The van der Waals surface area contributed by atoms with Crippen LogP contribution in [0.15, 0.2) is 97.1 Å². The number of fused-ring (bicyclic) bond motifs is 2. The van der Waals surface area contributed by atoms with Gasteiger partial charge in [0, 0.05) is 18.0 Å². The molecule has 31 heavy (non-hydrogen) atoms. The second kappa shape index (κ2) is 7.84. The average Bonchev–Trinajstić information content (AvgIpc) is 3.09. The molecule has 2 atom stereocenters. The summed E-state index contributed by atoms with van der Waals surface area (Å²) in [5, 5.41) is 5.30. The summed E-state index contributed by atoms with van der Waals surface area (Å²) in [7, 11) is 0. The van der Waals surface area contributed by atoms with Gasteiger partial charge < -0.3 is 10.1 Å². The van der Waals surface area contributed by atoms with Crippen LogP contribution in [0, 0.1) is 0 Å². The number of hydrogen-bond donors (Lipinski definition) is 1. The molecule has 0 aliphatic carbocycles. The van der Waals surface area contributed by atoms with Crippen LogP contribution in [0.1, 0.15) is 29.0 Å². The smallest absolute Gasteiger partial charge is 0.236 e. The standard InChI is InChI=1S/C28H23NO2/c30-18-17-24(23-14-8-12-21-11-4-5-13-22(21)23)28(19-20-9-2-1-3-10-20)25-15-6-7-16-26(25)29-27(28)31/h1-16,18,24H,17,19H2,(H,29,31). The number of aldehydes is 1. The lowest BCUT2D eigenvalue weighted by Gasteiger charge is -2.36. The molecule has 152 valence electrons. The minimum absolute atomic E-state index is 0.0441. The fourth-order valence-corrected chi connectivity index (χ4v) is 5.14. The number of para-hydroxylation sites is 1. The Morgan fingerprint density at radius 3 is 2.35 bits per heavy atom. The molecule has 0 radical (unpaired) electrons. The van der Waals surface area contributed by atoms with Crippen LogP contribution in [-0.2, 0) is 21.4 Å². The average molecular weight is 405 g/mol. The largest absolute Gasteiger partial charge is 0.325 e. The summed E-state index contributed by atoms with van der Waals surface area (Å²) < 4.78 is 0. The van der Waals surface area contributed by atoms with Gasteiger partial charge in [-0.25, -0.2) is 0 Å². The van der Waals surface area contributed by atoms with Crippen molar-refractivity contribution in [2.24, 2.45) is 0 Å². The molecule has 5 rings (SSSR count). The van der Waals surface area contributed by atoms with E-state index in [2.05, 4.69) is 41.7 Å². The molecule has 0 spiro atoms. The van der Waals surface area contributed by atoms with Gasteiger partial charge in [-0.05, 0) is 39.9 Å². The first kappa shape index (κ1) is 19.3. The number of amides is 1. The fraction of sp³-hybridized carbons (Fsp3) is 0.143. The molecule has 3 nitrogen and oxygen atoms in total. The van der Waals surface area contributed by atoms with Gasteiger partial charge in [-0.1, -0.05) is 91.0 Å². The zero-order valence-corrected chi connectivity index (χ0v) is 17.1. The maximum Gasteiger partial charge on any atom is 0.236 e. The number of carbonyl (C=O) groups excluding carboxylic acids is 2. The first-order valence-electron chi connectivity index (χ1n) is 10.6. The molecule has 4 aromatic rings. The monoisotopic (exact) mass is 405 g/mol. The molecule has 1 aliphatic rings. The van der Waals surface area contributed by atoms with E-state index in [0.29, 0.717) is 6.42 Å². The van der Waals surface area contributed by atoms with Gasteiger partial charge in [0.05, 0.1) is 5.41 Å². The van der Waals surface area contributed by atoms with Gasteiger partial charge in [-0.2, -0.15) is 0 Å². The Bertz CT molecular complexity index is 1260. The zero-order chi connectivity index (χ0) is 21.3. The van der Waals surface area contributed by atoms with E-state index in [4.69, 9.17) is 0 Å². The molecular weight excluding hydrogens is 382 g/mol. The third-order valence-electron chi connectivity index (χ3n) is 6.51. The Labute approximate surface area is 181 Å². The fourth-order valence-electron chi connectivity index (χ4n) is 5.14. The van der Waals surface area contributed by atoms with Gasteiger partial charge in [0.2, 0.25) is 5.91 Å². The van der Waals surface area contributed by atoms with E-state index in [9.17, 15) is 9.59 Å². The van der Waals surface area contributed by atoms with E-state index in [1.807, 2.05) is 60.7 Å². The Hall–Kier alpha value is -3.72. The number of benzene rings is 4. The van der Waals surface area contributed by atoms with E-state index in [-0.39, 0.29) is 18.2 Å². The Balaban J connectivity index is 1.79. The van der Waals surface area contributed by atoms with Crippen molar-refractivity contribution in [3.8, 4) is 0 Å². The molecular formula is C28H23NO2. The summed E-state index contributed by atoms with van der Waals surface area (Å²) in [4.78, 5) is 25.7. The van der Waals surface area contributed by atoms with Gasteiger partial charge in [0.25, 0.3) is 0 Å². The molecule has 0 aromatic heterocycles. The van der Waals surface area contributed by atoms with Crippen LogP contribution in [-0.4, -0.2) is 12.2 Å². The Morgan fingerprint density at radius 2 is 1.52 bits per heavy atom. The summed E-state index contributed by atoms with van der Waals surface area (Å²) in [6, 6.07) is 32.3. The normalized spacial score (nSPS) is 18.4. The van der Waals surface area contributed by atoms with Crippen molar-refractivity contribution in [1.82, 2.24) is 0 Å². The zero-order valence-electron chi connectivity index (χ0n) is 17.1. The second-order valence-corrected chi connectivity index (χ2v) is 8.16. The predicted molar refractivity (Wildman–Crippen MR) is 124 cm³/mol. The van der Waals surface area contributed by atoms with E-state index in [1.54, 1.807) is 0 Å². The van der Waals surface area contributed by atoms with Crippen LogP contribution >= 0.6 is 0 Å². The molecule has 0 saturated carbocycles. The third-order valence-corrected chi connectivity index (χ3v) is 6.51. The van der Waals surface area contributed by atoms with Gasteiger partial charge in [0.1, 0.15) is 6.29 Å². The molecule has 1 heterocycles. The van der Waals surface area contributed by atoms with Crippen molar-refractivity contribution in [1.29, 1.82) is 0 Å². The number of anilines is 1. The highest BCUT2D eigenvalue weighted by atomic mass is 16.2. The molecule has 1 amide bonds. The van der Waals surface area contributed by atoms with Crippen molar-refractivity contribution < 1.29 is 9.59 Å². The summed E-state index contributed by atoms with van der Waals surface area (Å²) in [5.41, 5.74) is 3.03. The number of carbonyl (C=O) groups is 2. The summed E-state index contributed by atoms with van der Waals surface area (Å²) in [6.45, 7) is 0. The van der Waals surface area contributed by atoms with Gasteiger partial charge >= 0.3 is 0 Å². The Morgan fingerprint density at radius 1 is 0.806 bits per heavy atom. The molecule has 0 fully saturated rings. The van der Waals surface area contributed by atoms with Crippen molar-refractivity contribution in [2.75, 3.05) is 5.32 Å². The predicted octanol–water partition coefficient (Wildman–Crippen LogP) is 5.65. The minimum atomic E-state index is -0.872. The van der Waals surface area contributed by atoms with Crippen molar-refractivity contribution in [3.63, 3.8) is 0 Å². The lowest BCUT2D eigenvalue weighted by Crippen LogP contribution is -2.43. The quantitative estimate of drug-likeness (QED) is 0.422. The highest BCUT2D eigenvalue weighted by Crippen LogP contribution is 2.51. The molecule has 0 saturated heterocycles. The van der Waals surface area contributed by atoms with E-state index < -0.39 is 5.41 Å². The maximum absolute atomic E-state index is 13.8. The van der Waals surface area contributed by atoms with E-state index in [0.717, 1.165) is 39.4 Å². The molecule has 1 N–H and O–H groups in total. The summed E-state index contributed by atoms with van der Waals surface area (Å²) in [6.07, 6.45) is 1.74. The Kier molecular flexibility index (Phi) is 4.87. The molecule has 3 heteroatoms. The van der Waals surface area contributed by atoms with E-state index in [1.165, 1.54) is 0 Å². The van der Waals surface area contributed by atoms with Crippen molar-refractivity contribution in [2.45, 2.75) is 24.2 Å². The highest BCUT2D eigenvalue weighted by molar-refractivity contribution is 6.08. The number of rotatable bonds is 6. The summed E-state index contributed by atoms with van der Waals surface area (Å²) >= 11 is 0. The van der Waals surface area contributed by atoms with Crippen LogP contribution in [0.25, 0.3) is 10.8 Å². The SMILES string of the molecule is O=CCC(c1cccc2ccccc12)C1(Cc2ccccc2)C(=O)Nc2ccccc21. The number of hydrogen-bond acceptors (Lipinski definition) is 2. The van der Waals surface area contributed by atoms with E-state index >= 15 is 0 Å². The number of nitrogens with one attached hydrogen (secondary N) is 1. The van der Waals surface area contributed by atoms with Crippen LogP contribution < -0.4 is 5.32 Å². The van der Waals surface area contributed by atoms with Gasteiger partial charge in [0.15, 0.2) is 0 Å². The highest BCUT2D eigenvalue weighted by Gasteiger charge is 2.52. The first-order valence-corrected chi connectivity index (χ1v) is 10.6. The van der Waals surface area contributed by atoms with Gasteiger partial charge in [-0.3, -0.25) is 4.79 Å². The van der Waals surface area contributed by atoms with Crippen molar-refractivity contribution in [3.05, 3.63) is 114 Å². The second-order valence-electron chi connectivity index (χ2n) is 8.16.